The Bertz CT molecular complexity index is 193. The van der Waals surface area contributed by atoms with E-state index in [9.17, 15) is 0 Å². The third-order valence-electron chi connectivity index (χ3n) is 1.26. The first-order valence-electron chi connectivity index (χ1n) is 3.00. The summed E-state index contributed by atoms with van der Waals surface area (Å²) in [6, 6.07) is 3.56. The second kappa shape index (κ2) is 3.20. The fraction of sp³-hybridized carbons (Fsp3) is 0.143. The molecule has 1 atom stereocenters. The normalized spacial score (nSPS) is 12.9. The molecular weight excluding hydrogens is 128 g/mol. The molecule has 0 bridgehead atoms. The van der Waals surface area contributed by atoms with E-state index in [1.165, 1.54) is 0 Å². The lowest BCUT2D eigenvalue weighted by Crippen LogP contribution is -2.25. The Labute approximate surface area is 59.5 Å². The highest BCUT2D eigenvalue weighted by molar-refractivity contribution is 5.09. The van der Waals surface area contributed by atoms with Crippen molar-refractivity contribution in [3.8, 4) is 0 Å². The van der Waals surface area contributed by atoms with Gasteiger partial charge in [-0.25, -0.2) is 5.43 Å². The first-order chi connectivity index (χ1) is 4.88. The van der Waals surface area contributed by atoms with Crippen LogP contribution in [0.15, 0.2) is 35.5 Å². The number of nitrogens with two attached hydrogens (primary N) is 1. The number of hydrogen-bond donors (Lipinski definition) is 2. The molecule has 0 spiro atoms. The SMILES string of the molecule is C=CC(NN)c1ccco1. The van der Waals surface area contributed by atoms with Gasteiger partial charge in [0.25, 0.3) is 0 Å². The lowest BCUT2D eigenvalue weighted by Gasteiger charge is -2.05. The molecule has 3 heteroatoms. The highest BCUT2D eigenvalue weighted by atomic mass is 16.3. The lowest BCUT2D eigenvalue weighted by molar-refractivity contribution is 0.459. The summed E-state index contributed by atoms with van der Waals surface area (Å²) in [6.45, 7) is 3.59. The minimum atomic E-state index is -0.0880. The Kier molecular flexibility index (Phi) is 2.25. The van der Waals surface area contributed by atoms with Crippen LogP contribution in [0.3, 0.4) is 0 Å². The molecule has 3 nitrogen and oxygen atoms in total. The van der Waals surface area contributed by atoms with Gasteiger partial charge in [0.2, 0.25) is 0 Å². The summed E-state index contributed by atoms with van der Waals surface area (Å²) < 4.78 is 5.06. The molecule has 1 aromatic heterocycles. The van der Waals surface area contributed by atoms with Crippen LogP contribution in [0.4, 0.5) is 0 Å². The smallest absolute Gasteiger partial charge is 0.125 e. The van der Waals surface area contributed by atoms with Gasteiger partial charge in [-0.2, -0.15) is 0 Å². The minimum absolute atomic E-state index is 0.0880. The molecule has 0 fully saturated rings. The average molecular weight is 138 g/mol. The van der Waals surface area contributed by atoms with Crippen LogP contribution in [0.1, 0.15) is 11.8 Å². The van der Waals surface area contributed by atoms with Gasteiger partial charge >= 0.3 is 0 Å². The summed E-state index contributed by atoms with van der Waals surface area (Å²) >= 11 is 0. The monoisotopic (exact) mass is 138 g/mol. The summed E-state index contributed by atoms with van der Waals surface area (Å²) in [6.07, 6.45) is 3.28. The highest BCUT2D eigenvalue weighted by Crippen LogP contribution is 2.11. The third kappa shape index (κ3) is 1.26. The molecule has 0 aliphatic carbocycles. The van der Waals surface area contributed by atoms with E-state index in [-0.39, 0.29) is 6.04 Å². The van der Waals surface area contributed by atoms with E-state index in [1.807, 2.05) is 12.1 Å². The van der Waals surface area contributed by atoms with Gasteiger partial charge in [-0.1, -0.05) is 6.08 Å². The van der Waals surface area contributed by atoms with Crippen LogP contribution in [-0.2, 0) is 0 Å². The van der Waals surface area contributed by atoms with Crippen LogP contribution in [0.5, 0.6) is 0 Å². The molecule has 0 aromatic carbocycles. The van der Waals surface area contributed by atoms with Crippen molar-refractivity contribution in [1.29, 1.82) is 0 Å². The van der Waals surface area contributed by atoms with E-state index in [2.05, 4.69) is 12.0 Å². The summed E-state index contributed by atoms with van der Waals surface area (Å²) in [5.74, 6) is 5.97. The van der Waals surface area contributed by atoms with E-state index >= 15 is 0 Å². The zero-order chi connectivity index (χ0) is 7.40. The predicted octanol–water partition coefficient (Wildman–Crippen LogP) is 0.970. The maximum atomic E-state index is 5.19. The van der Waals surface area contributed by atoms with E-state index in [1.54, 1.807) is 12.3 Å². The average Bonchev–Trinajstić information content (AvgIpc) is 2.43. The van der Waals surface area contributed by atoms with Crippen LogP contribution in [0, 0.1) is 0 Å². The second-order valence-electron chi connectivity index (χ2n) is 1.90. The van der Waals surface area contributed by atoms with Crippen LogP contribution < -0.4 is 11.3 Å². The number of nitrogens with one attached hydrogen (secondary N) is 1. The van der Waals surface area contributed by atoms with Crippen LogP contribution in [-0.4, -0.2) is 0 Å². The second-order valence-corrected chi connectivity index (χ2v) is 1.90. The molecule has 0 radical (unpaired) electrons. The van der Waals surface area contributed by atoms with Gasteiger partial charge in [-0.15, -0.1) is 6.58 Å². The first kappa shape index (κ1) is 7.05. The van der Waals surface area contributed by atoms with Crippen LogP contribution in [0.2, 0.25) is 0 Å². The Hall–Kier alpha value is -1.06. The molecule has 1 aromatic rings. The molecule has 54 valence electrons. The van der Waals surface area contributed by atoms with E-state index in [0.29, 0.717) is 0 Å². The van der Waals surface area contributed by atoms with Gasteiger partial charge in [-0.05, 0) is 12.1 Å². The molecule has 0 aliphatic rings. The van der Waals surface area contributed by atoms with Crippen LogP contribution in [0.25, 0.3) is 0 Å². The Morgan fingerprint density at radius 1 is 1.80 bits per heavy atom. The van der Waals surface area contributed by atoms with Gasteiger partial charge in [0.1, 0.15) is 5.76 Å². The summed E-state index contributed by atoms with van der Waals surface area (Å²) in [5.41, 5.74) is 2.54. The molecule has 10 heavy (non-hydrogen) atoms. The Morgan fingerprint density at radius 2 is 2.60 bits per heavy atom. The standard InChI is InChI=1S/C7H10N2O/c1-2-6(9-8)7-4-3-5-10-7/h2-6,9H,1,8H2. The molecule has 0 aliphatic heterocycles. The predicted molar refractivity (Wildman–Crippen MR) is 39.0 cm³/mol. The number of hydrogen-bond acceptors (Lipinski definition) is 3. The van der Waals surface area contributed by atoms with Crippen molar-refractivity contribution in [1.82, 2.24) is 5.43 Å². The first-order valence-corrected chi connectivity index (χ1v) is 3.00. The van der Waals surface area contributed by atoms with E-state index in [4.69, 9.17) is 10.3 Å². The maximum Gasteiger partial charge on any atom is 0.125 e. The fourth-order valence-corrected chi connectivity index (χ4v) is 0.735. The minimum Gasteiger partial charge on any atom is -0.467 e. The highest BCUT2D eigenvalue weighted by Gasteiger charge is 2.05. The number of hydrazine groups is 1. The zero-order valence-corrected chi connectivity index (χ0v) is 5.58. The Morgan fingerprint density at radius 3 is 3.00 bits per heavy atom. The third-order valence-corrected chi connectivity index (χ3v) is 1.26. The van der Waals surface area contributed by atoms with Gasteiger partial charge in [0.05, 0.1) is 12.3 Å². The molecule has 1 heterocycles. The van der Waals surface area contributed by atoms with Crippen LogP contribution >= 0.6 is 0 Å². The molecule has 3 N–H and O–H groups in total. The topological polar surface area (TPSA) is 51.2 Å². The van der Waals surface area contributed by atoms with Crippen molar-refractivity contribution in [3.05, 3.63) is 36.8 Å². The molecule has 1 unspecified atom stereocenters. The van der Waals surface area contributed by atoms with Crippen molar-refractivity contribution in [2.24, 2.45) is 5.84 Å². The summed E-state index contributed by atoms with van der Waals surface area (Å²) in [5, 5.41) is 0. The van der Waals surface area contributed by atoms with E-state index in [0.717, 1.165) is 5.76 Å². The van der Waals surface area contributed by atoms with Crippen molar-refractivity contribution in [2.75, 3.05) is 0 Å². The van der Waals surface area contributed by atoms with Crippen molar-refractivity contribution < 1.29 is 4.42 Å². The van der Waals surface area contributed by atoms with Gasteiger partial charge in [0, 0.05) is 0 Å². The van der Waals surface area contributed by atoms with Gasteiger partial charge < -0.3 is 4.42 Å². The molecule has 0 saturated carbocycles. The van der Waals surface area contributed by atoms with Crippen molar-refractivity contribution in [3.63, 3.8) is 0 Å². The Balaban J connectivity index is 2.73. The van der Waals surface area contributed by atoms with Crippen molar-refractivity contribution >= 4 is 0 Å². The zero-order valence-electron chi connectivity index (χ0n) is 5.58. The lowest BCUT2D eigenvalue weighted by atomic mass is 10.2. The summed E-state index contributed by atoms with van der Waals surface area (Å²) in [4.78, 5) is 0. The number of furan rings is 1. The van der Waals surface area contributed by atoms with Crippen molar-refractivity contribution in [2.45, 2.75) is 6.04 Å². The molecule has 1 rings (SSSR count). The van der Waals surface area contributed by atoms with Gasteiger partial charge in [0.15, 0.2) is 0 Å². The fourth-order valence-electron chi connectivity index (χ4n) is 0.735. The quantitative estimate of drug-likeness (QED) is 0.371. The summed E-state index contributed by atoms with van der Waals surface area (Å²) in [7, 11) is 0. The molecule has 0 saturated heterocycles. The van der Waals surface area contributed by atoms with Gasteiger partial charge in [-0.3, -0.25) is 5.84 Å². The largest absolute Gasteiger partial charge is 0.467 e. The molecule has 0 amide bonds. The molecular formula is C7H10N2O. The number of rotatable bonds is 3. The maximum absolute atomic E-state index is 5.19. The van der Waals surface area contributed by atoms with E-state index < -0.39 is 0 Å².